The molecule has 0 saturated heterocycles. The molecular formula is C29H26BrN7O3. The summed E-state index contributed by atoms with van der Waals surface area (Å²) in [5.41, 5.74) is 16.4. The molecule has 10 nitrogen and oxygen atoms in total. The highest BCUT2D eigenvalue weighted by Crippen LogP contribution is 2.36. The highest BCUT2D eigenvalue weighted by Gasteiger charge is 2.26. The lowest BCUT2D eigenvalue weighted by Gasteiger charge is -2.31. The minimum Gasteiger partial charge on any atom is -0.493 e. The Labute approximate surface area is 239 Å². The number of hydrazone groups is 1. The fraction of sp³-hybridized carbons (Fsp3) is 0.138. The fourth-order valence-electron chi connectivity index (χ4n) is 4.55. The number of ether oxygens (including phenoxy) is 2. The second-order valence-electron chi connectivity index (χ2n) is 8.94. The van der Waals surface area contributed by atoms with E-state index in [2.05, 4.69) is 36.0 Å². The maximum absolute atomic E-state index is 13.6. The van der Waals surface area contributed by atoms with Crippen LogP contribution in [0.5, 0.6) is 11.5 Å². The van der Waals surface area contributed by atoms with E-state index in [4.69, 9.17) is 20.9 Å². The number of rotatable bonds is 8. The van der Waals surface area contributed by atoms with Gasteiger partial charge in [-0.15, -0.1) is 0 Å². The molecule has 3 heterocycles. The van der Waals surface area contributed by atoms with Crippen molar-refractivity contribution >= 4 is 39.7 Å². The average Bonchev–Trinajstić information content (AvgIpc) is 2.97. The van der Waals surface area contributed by atoms with Crippen molar-refractivity contribution in [2.24, 2.45) is 5.10 Å². The number of allylic oxidation sites excluding steroid dienone is 1. The zero-order chi connectivity index (χ0) is 28.2. The normalized spacial score (nSPS) is 14.3. The Morgan fingerprint density at radius 1 is 1.07 bits per heavy atom. The first-order valence-electron chi connectivity index (χ1n) is 12.2. The molecule has 0 saturated carbocycles. The van der Waals surface area contributed by atoms with Gasteiger partial charge in [-0.1, -0.05) is 30.3 Å². The lowest BCUT2D eigenvalue weighted by molar-refractivity contribution is 0.104. The molecule has 2 aromatic carbocycles. The fourth-order valence-corrected chi connectivity index (χ4v) is 4.79. The van der Waals surface area contributed by atoms with Gasteiger partial charge in [-0.3, -0.25) is 9.80 Å². The van der Waals surface area contributed by atoms with Crippen LogP contribution in [0.25, 0.3) is 0 Å². The van der Waals surface area contributed by atoms with E-state index in [1.165, 1.54) is 20.3 Å². The summed E-state index contributed by atoms with van der Waals surface area (Å²) in [7, 11) is 3.01. The number of nitrogens with two attached hydrogens (primary N) is 2. The van der Waals surface area contributed by atoms with Crippen LogP contribution in [0, 0.1) is 0 Å². The first-order valence-corrected chi connectivity index (χ1v) is 13.0. The van der Waals surface area contributed by atoms with Crippen LogP contribution < -0.4 is 20.9 Å². The van der Waals surface area contributed by atoms with Crippen molar-refractivity contribution in [2.45, 2.75) is 12.5 Å². The zero-order valence-corrected chi connectivity index (χ0v) is 23.4. The number of nitrogens with zero attached hydrogens (tertiary/aromatic N) is 5. The molecule has 1 aliphatic rings. The van der Waals surface area contributed by atoms with Gasteiger partial charge in [-0.2, -0.15) is 10.1 Å². The third kappa shape index (κ3) is 5.50. The minimum absolute atomic E-state index is 0.0924. The predicted octanol–water partition coefficient (Wildman–Crippen LogP) is 4.54. The Balaban J connectivity index is 1.49. The van der Waals surface area contributed by atoms with E-state index < -0.39 is 0 Å². The number of carbonyl (C=O) groups is 1. The summed E-state index contributed by atoms with van der Waals surface area (Å²) < 4.78 is 11.8. The van der Waals surface area contributed by atoms with Gasteiger partial charge < -0.3 is 20.9 Å². The van der Waals surface area contributed by atoms with Crippen LogP contribution in [0.15, 0.2) is 82.9 Å². The number of methoxy groups -OCH3 is 2. The smallest absolute Gasteiger partial charge is 0.221 e. The van der Waals surface area contributed by atoms with E-state index in [1.807, 2.05) is 36.4 Å². The molecule has 0 spiro atoms. The first-order chi connectivity index (χ1) is 19.4. The van der Waals surface area contributed by atoms with Gasteiger partial charge in [0.25, 0.3) is 0 Å². The van der Waals surface area contributed by atoms with Crippen molar-refractivity contribution < 1.29 is 14.3 Å². The van der Waals surface area contributed by atoms with Crippen LogP contribution in [0.1, 0.15) is 44.2 Å². The van der Waals surface area contributed by atoms with Gasteiger partial charge in [0, 0.05) is 42.2 Å². The minimum atomic E-state index is -0.291. The molecule has 1 aliphatic heterocycles. The molecule has 1 unspecified atom stereocenters. The second-order valence-corrected chi connectivity index (χ2v) is 9.76. The molecule has 0 radical (unpaired) electrons. The highest BCUT2D eigenvalue weighted by atomic mass is 79.9. The number of hydrogen-bond donors (Lipinski definition) is 2. The molecule has 2 aromatic heterocycles. The predicted molar refractivity (Wildman–Crippen MR) is 156 cm³/mol. The van der Waals surface area contributed by atoms with E-state index in [0.29, 0.717) is 29.0 Å². The van der Waals surface area contributed by atoms with E-state index in [-0.39, 0.29) is 23.6 Å². The maximum Gasteiger partial charge on any atom is 0.221 e. The average molecular weight is 600 g/mol. The Morgan fingerprint density at radius 3 is 2.62 bits per heavy atom. The quantitative estimate of drug-likeness (QED) is 0.169. The van der Waals surface area contributed by atoms with Crippen LogP contribution in [0.3, 0.4) is 0 Å². The molecule has 0 bridgehead atoms. The molecule has 0 fully saturated rings. The number of anilines is 2. The summed E-state index contributed by atoms with van der Waals surface area (Å²) >= 11 is 3.40. The van der Waals surface area contributed by atoms with Crippen molar-refractivity contribution in [2.75, 3.05) is 25.7 Å². The number of halogens is 1. The number of hydrogen-bond acceptors (Lipinski definition) is 10. The molecule has 4 N–H and O–H groups in total. The summed E-state index contributed by atoms with van der Waals surface area (Å²) in [5, 5.41) is 6.36. The Kier molecular flexibility index (Phi) is 7.74. The molecule has 1 atom stereocenters. The van der Waals surface area contributed by atoms with Crippen LogP contribution in [-0.2, 0) is 6.42 Å². The summed E-state index contributed by atoms with van der Waals surface area (Å²) in [6, 6.07) is 15.1. The zero-order valence-electron chi connectivity index (χ0n) is 21.8. The van der Waals surface area contributed by atoms with Crippen LogP contribution in [0.4, 0.5) is 11.8 Å². The number of fused-ring (bicyclic) bond motifs is 1. The molecule has 11 heteroatoms. The number of benzene rings is 2. The van der Waals surface area contributed by atoms with E-state index in [1.54, 1.807) is 41.9 Å². The topological polar surface area (TPSA) is 142 Å². The summed E-state index contributed by atoms with van der Waals surface area (Å²) in [4.78, 5) is 26.0. The van der Waals surface area contributed by atoms with Crippen LogP contribution in [-0.4, -0.2) is 46.2 Å². The van der Waals surface area contributed by atoms with Gasteiger partial charge in [-0.25, -0.2) is 9.97 Å². The molecule has 0 aliphatic carbocycles. The highest BCUT2D eigenvalue weighted by molar-refractivity contribution is 9.10. The number of aromatic nitrogens is 3. The maximum atomic E-state index is 13.6. The van der Waals surface area contributed by atoms with Crippen LogP contribution in [0.2, 0.25) is 0 Å². The standard InChI is InChI=1S/C29H26BrN7O3/c1-39-24-13-17(11-20-15-34-29(32)36-28(20)31)12-22(27(24)40-2)23(38)9-10-37-26(19-7-8-25(30)33-14-19)21-6-4-3-5-18(21)16-35-37/h3-10,12-16,26H,11H2,1-2H3,(H4,31,32,34,36)/b10-9+. The van der Waals surface area contributed by atoms with Gasteiger partial charge in [0.15, 0.2) is 17.3 Å². The Bertz CT molecular complexity index is 1620. The van der Waals surface area contributed by atoms with E-state index in [0.717, 1.165) is 26.9 Å². The van der Waals surface area contributed by atoms with Gasteiger partial charge >= 0.3 is 0 Å². The third-order valence-corrected chi connectivity index (χ3v) is 6.91. The lowest BCUT2D eigenvalue weighted by atomic mass is 9.94. The second kappa shape index (κ2) is 11.5. The molecular weight excluding hydrogens is 574 g/mol. The van der Waals surface area contributed by atoms with Crippen molar-refractivity contribution in [1.82, 2.24) is 20.0 Å². The van der Waals surface area contributed by atoms with E-state index >= 15 is 0 Å². The third-order valence-electron chi connectivity index (χ3n) is 6.45. The monoisotopic (exact) mass is 599 g/mol. The lowest BCUT2D eigenvalue weighted by Crippen LogP contribution is -2.25. The Morgan fingerprint density at radius 2 is 1.90 bits per heavy atom. The van der Waals surface area contributed by atoms with Crippen molar-refractivity contribution in [3.63, 3.8) is 0 Å². The number of carbonyl (C=O) groups excluding carboxylic acids is 1. The molecule has 202 valence electrons. The summed E-state index contributed by atoms with van der Waals surface area (Å²) in [6.07, 6.45) is 8.62. The Hall–Kier alpha value is -4.77. The molecule has 40 heavy (non-hydrogen) atoms. The summed E-state index contributed by atoms with van der Waals surface area (Å²) in [5.74, 6) is 0.806. The summed E-state index contributed by atoms with van der Waals surface area (Å²) in [6.45, 7) is 0. The number of pyridine rings is 1. The molecule has 0 amide bonds. The van der Waals surface area contributed by atoms with Gasteiger partial charge in [0.05, 0.1) is 26.0 Å². The molecule has 5 rings (SSSR count). The number of nitrogen functional groups attached to an aromatic ring is 2. The van der Waals surface area contributed by atoms with Gasteiger partial charge in [-0.05, 0) is 50.8 Å². The van der Waals surface area contributed by atoms with E-state index in [9.17, 15) is 4.79 Å². The van der Waals surface area contributed by atoms with Gasteiger partial charge in [0.1, 0.15) is 16.5 Å². The largest absolute Gasteiger partial charge is 0.493 e. The van der Waals surface area contributed by atoms with Crippen LogP contribution >= 0.6 is 15.9 Å². The van der Waals surface area contributed by atoms with Crippen molar-refractivity contribution in [3.05, 3.63) is 111 Å². The van der Waals surface area contributed by atoms with Crippen molar-refractivity contribution in [1.29, 1.82) is 0 Å². The van der Waals surface area contributed by atoms with Gasteiger partial charge in [0.2, 0.25) is 5.95 Å². The first kappa shape index (κ1) is 26.8. The van der Waals surface area contributed by atoms with Crippen molar-refractivity contribution in [3.8, 4) is 11.5 Å². The number of ketones is 1. The SMILES string of the molecule is COc1cc(Cc2cnc(N)nc2N)cc(C(=O)/C=C/N2N=Cc3ccccc3C2c2ccc(Br)nc2)c1OC. The molecule has 4 aromatic rings.